The fourth-order valence-corrected chi connectivity index (χ4v) is 4.04. The van der Waals surface area contributed by atoms with Crippen molar-refractivity contribution in [1.82, 2.24) is 9.62 Å². The van der Waals surface area contributed by atoms with Crippen LogP contribution in [0.25, 0.3) is 0 Å². The van der Waals surface area contributed by atoms with Crippen LogP contribution < -0.4 is 10.0 Å². The number of nitro groups is 1. The number of β-amino-alcohol motifs (C(OH)–C–C–N with tert-alkyl or cyclic N) is 1. The van der Waals surface area contributed by atoms with Crippen LogP contribution in [-0.4, -0.2) is 54.4 Å². The second-order valence-electron chi connectivity index (χ2n) is 6.47. The molecule has 150 valence electrons. The summed E-state index contributed by atoms with van der Waals surface area (Å²) in [5, 5.41) is 22.9. The van der Waals surface area contributed by atoms with E-state index in [0.29, 0.717) is 12.8 Å². The lowest BCUT2D eigenvalue weighted by Gasteiger charge is -2.15. The molecule has 2 amide bonds. The Balaban J connectivity index is 1.98. The number of carbonyl (C=O) groups is 2. The van der Waals surface area contributed by atoms with Gasteiger partial charge in [0.25, 0.3) is 17.5 Å². The summed E-state index contributed by atoms with van der Waals surface area (Å²) >= 11 is 0. The summed E-state index contributed by atoms with van der Waals surface area (Å²) in [6.45, 7) is 0.792. The van der Waals surface area contributed by atoms with Crippen molar-refractivity contribution in [1.29, 1.82) is 0 Å². The Morgan fingerprint density at radius 3 is 2.57 bits per heavy atom. The van der Waals surface area contributed by atoms with Crippen LogP contribution in [0.3, 0.4) is 0 Å². The Labute approximate surface area is 160 Å². The molecular weight excluding hydrogens is 392 g/mol. The summed E-state index contributed by atoms with van der Waals surface area (Å²) < 4.78 is 27.4. The lowest BCUT2D eigenvalue weighted by molar-refractivity contribution is -0.385. The largest absolute Gasteiger partial charge is 0.395 e. The Bertz CT molecular complexity index is 998. The van der Waals surface area contributed by atoms with Crippen LogP contribution in [0.15, 0.2) is 28.8 Å². The molecule has 0 saturated heterocycles. The Morgan fingerprint density at radius 2 is 2.00 bits per heavy atom. The van der Waals surface area contributed by atoms with E-state index in [0.717, 1.165) is 17.0 Å². The van der Waals surface area contributed by atoms with Gasteiger partial charge in [-0.2, -0.15) is 0 Å². The number of anilines is 1. The average Bonchev–Trinajstić information content (AvgIpc) is 3.38. The van der Waals surface area contributed by atoms with Gasteiger partial charge in [-0.3, -0.25) is 24.6 Å². The van der Waals surface area contributed by atoms with Crippen molar-refractivity contribution in [2.24, 2.45) is 0 Å². The third kappa shape index (κ3) is 3.88. The number of aliphatic hydroxyl groups excluding tert-OH is 1. The average molecular weight is 410 g/mol. The number of nitro benzene ring substituents is 1. The van der Waals surface area contributed by atoms with Gasteiger partial charge in [0.15, 0.2) is 0 Å². The highest BCUT2D eigenvalue weighted by molar-refractivity contribution is 7.89. The number of hydrogen-bond acceptors (Lipinski definition) is 8. The molecule has 1 aromatic carbocycles. The molecule has 3 rings (SSSR count). The standard InChI is InChI=1S/C16H18N4O7S/c1-9-12(17-13-8-15(22)19(4-5-21)16(13)23)6-11(7-14(9)20(24)25)28(26,27)18-10-2-3-10/h6-8,10,17-18,21H,2-5H2,1H3. The van der Waals surface area contributed by atoms with Gasteiger partial charge >= 0.3 is 0 Å². The molecule has 0 aromatic heterocycles. The first-order valence-corrected chi connectivity index (χ1v) is 9.89. The molecule has 0 spiro atoms. The molecule has 0 bridgehead atoms. The molecule has 1 heterocycles. The molecule has 1 aliphatic carbocycles. The highest BCUT2D eigenvalue weighted by atomic mass is 32.2. The van der Waals surface area contributed by atoms with Gasteiger partial charge in [-0.25, -0.2) is 13.1 Å². The number of sulfonamides is 1. The molecule has 1 aliphatic heterocycles. The topological polar surface area (TPSA) is 159 Å². The Kier molecular flexibility index (Phi) is 5.19. The quantitative estimate of drug-likeness (QED) is 0.307. The van der Waals surface area contributed by atoms with E-state index in [1.54, 1.807) is 0 Å². The number of nitrogens with one attached hydrogen (secondary N) is 2. The molecule has 3 N–H and O–H groups in total. The van der Waals surface area contributed by atoms with E-state index in [1.165, 1.54) is 13.0 Å². The summed E-state index contributed by atoms with van der Waals surface area (Å²) in [6, 6.07) is 1.95. The first-order chi connectivity index (χ1) is 13.1. The Hall–Kier alpha value is -2.83. The van der Waals surface area contributed by atoms with E-state index in [2.05, 4.69) is 10.0 Å². The summed E-state index contributed by atoms with van der Waals surface area (Å²) in [5.41, 5.74) is -0.480. The first kappa shape index (κ1) is 19.9. The van der Waals surface area contributed by atoms with Gasteiger partial charge in [-0.15, -0.1) is 0 Å². The van der Waals surface area contributed by atoms with Crippen molar-refractivity contribution in [2.75, 3.05) is 18.5 Å². The van der Waals surface area contributed by atoms with Gasteiger partial charge in [0.1, 0.15) is 5.70 Å². The molecule has 12 heteroatoms. The van der Waals surface area contributed by atoms with Crippen LogP contribution in [0.5, 0.6) is 0 Å². The zero-order valence-corrected chi connectivity index (χ0v) is 15.7. The molecule has 1 saturated carbocycles. The number of amides is 2. The van der Waals surface area contributed by atoms with Gasteiger partial charge < -0.3 is 10.4 Å². The van der Waals surface area contributed by atoms with Crippen molar-refractivity contribution >= 4 is 33.2 Å². The lowest BCUT2D eigenvalue weighted by Crippen LogP contribution is -2.34. The fraction of sp³-hybridized carbons (Fsp3) is 0.375. The van der Waals surface area contributed by atoms with Crippen molar-refractivity contribution in [3.05, 3.63) is 39.6 Å². The van der Waals surface area contributed by atoms with Gasteiger partial charge in [-0.05, 0) is 25.8 Å². The molecule has 0 radical (unpaired) electrons. The van der Waals surface area contributed by atoms with Crippen molar-refractivity contribution < 1.29 is 28.0 Å². The van der Waals surface area contributed by atoms with Crippen LogP contribution in [0.1, 0.15) is 18.4 Å². The molecule has 0 atom stereocenters. The number of hydrogen-bond donors (Lipinski definition) is 3. The monoisotopic (exact) mass is 410 g/mol. The second-order valence-corrected chi connectivity index (χ2v) is 8.18. The predicted octanol–water partition coefficient (Wildman–Crippen LogP) is 0.000820. The van der Waals surface area contributed by atoms with E-state index in [1.807, 2.05) is 0 Å². The number of benzene rings is 1. The first-order valence-electron chi connectivity index (χ1n) is 8.41. The van der Waals surface area contributed by atoms with E-state index in [-0.39, 0.29) is 34.4 Å². The third-order valence-electron chi connectivity index (χ3n) is 4.36. The summed E-state index contributed by atoms with van der Waals surface area (Å²) in [5.74, 6) is -1.36. The molecular formula is C16H18N4O7S. The minimum Gasteiger partial charge on any atom is -0.395 e. The third-order valence-corrected chi connectivity index (χ3v) is 5.86. The van der Waals surface area contributed by atoms with E-state index >= 15 is 0 Å². The maximum Gasteiger partial charge on any atom is 0.277 e. The number of imide groups is 1. The normalized spacial score (nSPS) is 17.1. The number of carbonyl (C=O) groups excluding carboxylic acids is 2. The highest BCUT2D eigenvalue weighted by Crippen LogP contribution is 2.32. The second kappa shape index (κ2) is 7.30. The lowest BCUT2D eigenvalue weighted by atomic mass is 10.1. The van der Waals surface area contributed by atoms with E-state index < -0.39 is 39.1 Å². The van der Waals surface area contributed by atoms with Crippen LogP contribution in [-0.2, 0) is 19.6 Å². The van der Waals surface area contributed by atoms with Crippen molar-refractivity contribution in [3.63, 3.8) is 0 Å². The van der Waals surface area contributed by atoms with Crippen LogP contribution in [0.4, 0.5) is 11.4 Å². The molecule has 11 nitrogen and oxygen atoms in total. The van der Waals surface area contributed by atoms with Crippen molar-refractivity contribution in [3.8, 4) is 0 Å². The molecule has 1 fully saturated rings. The maximum atomic E-state index is 12.5. The zero-order valence-electron chi connectivity index (χ0n) is 14.8. The minimum absolute atomic E-state index is 0.0172. The van der Waals surface area contributed by atoms with E-state index in [9.17, 15) is 28.1 Å². The summed E-state index contributed by atoms with van der Waals surface area (Å²) in [6.07, 6.45) is 2.39. The summed E-state index contributed by atoms with van der Waals surface area (Å²) in [7, 11) is -3.98. The van der Waals surface area contributed by atoms with Gasteiger partial charge in [-0.1, -0.05) is 0 Å². The minimum atomic E-state index is -3.98. The van der Waals surface area contributed by atoms with E-state index in [4.69, 9.17) is 5.11 Å². The molecule has 1 aromatic rings. The van der Waals surface area contributed by atoms with Crippen LogP contribution in [0.2, 0.25) is 0 Å². The number of aliphatic hydroxyl groups is 1. The predicted molar refractivity (Wildman–Crippen MR) is 96.7 cm³/mol. The van der Waals surface area contributed by atoms with Gasteiger partial charge in [0.05, 0.1) is 28.5 Å². The highest BCUT2D eigenvalue weighted by Gasteiger charge is 2.33. The maximum absolute atomic E-state index is 12.5. The number of nitrogens with zero attached hydrogens (tertiary/aromatic N) is 2. The van der Waals surface area contributed by atoms with Crippen LogP contribution in [0, 0.1) is 17.0 Å². The van der Waals surface area contributed by atoms with Gasteiger partial charge in [0, 0.05) is 23.9 Å². The molecule has 2 aliphatic rings. The van der Waals surface area contributed by atoms with Crippen LogP contribution >= 0.6 is 0 Å². The van der Waals surface area contributed by atoms with Crippen molar-refractivity contribution in [2.45, 2.75) is 30.7 Å². The summed E-state index contributed by atoms with van der Waals surface area (Å²) in [4.78, 5) is 35.3. The SMILES string of the molecule is Cc1c(NC2=CC(=O)N(CCO)C2=O)cc(S(=O)(=O)NC2CC2)cc1[N+](=O)[O-]. The zero-order chi connectivity index (χ0) is 20.6. The van der Waals surface area contributed by atoms with Gasteiger partial charge in [0.2, 0.25) is 10.0 Å². The molecule has 0 unspecified atom stereocenters. The molecule has 28 heavy (non-hydrogen) atoms. The fourth-order valence-electron chi connectivity index (χ4n) is 2.69. The Morgan fingerprint density at radius 1 is 1.32 bits per heavy atom. The smallest absolute Gasteiger partial charge is 0.277 e. The number of rotatable bonds is 8.